The average molecular weight is 310 g/mol. The number of hydrogen-bond donors (Lipinski definition) is 2. The third kappa shape index (κ3) is 4.98. The lowest BCUT2D eigenvalue weighted by Crippen LogP contribution is -2.47. The van der Waals surface area contributed by atoms with Gasteiger partial charge in [-0.25, -0.2) is 0 Å². The monoisotopic (exact) mass is 310 g/mol. The predicted molar refractivity (Wildman–Crippen MR) is 71.2 cm³/mol. The Bertz CT molecular complexity index is 400. The topological polar surface area (TPSA) is 105 Å². The molecule has 1 saturated heterocycles. The number of esters is 1. The van der Waals surface area contributed by atoms with Gasteiger partial charge < -0.3 is 14.6 Å². The van der Waals surface area contributed by atoms with Crippen LogP contribution in [-0.2, 0) is 24.5 Å². The van der Waals surface area contributed by atoms with Crippen LogP contribution >= 0.6 is 0 Å². The summed E-state index contributed by atoms with van der Waals surface area (Å²) in [4.78, 5) is 11.7. The van der Waals surface area contributed by atoms with Crippen molar-refractivity contribution in [1.82, 2.24) is 9.03 Å². The number of aliphatic hydroxyl groups is 1. The molecule has 0 spiro atoms. The van der Waals surface area contributed by atoms with E-state index in [1.54, 1.807) is 6.92 Å². The van der Waals surface area contributed by atoms with Crippen molar-refractivity contribution in [1.29, 1.82) is 0 Å². The van der Waals surface area contributed by atoms with E-state index >= 15 is 0 Å². The Hall–Kier alpha value is -0.740. The van der Waals surface area contributed by atoms with Gasteiger partial charge in [0.1, 0.15) is 6.04 Å². The molecular weight excluding hydrogens is 288 g/mol. The molecular formula is C11H22N2O6S. The number of carbonyl (C=O) groups excluding carboxylic acids is 1. The molecule has 1 atom stereocenters. The van der Waals surface area contributed by atoms with Crippen LogP contribution in [0.1, 0.15) is 19.8 Å². The van der Waals surface area contributed by atoms with E-state index in [0.717, 1.165) is 4.31 Å². The van der Waals surface area contributed by atoms with E-state index in [2.05, 4.69) is 4.72 Å². The Morgan fingerprint density at radius 2 is 2.20 bits per heavy atom. The van der Waals surface area contributed by atoms with Gasteiger partial charge >= 0.3 is 5.97 Å². The smallest absolute Gasteiger partial charge is 0.324 e. The molecule has 1 rings (SSSR count). The number of hydrogen-bond acceptors (Lipinski definition) is 6. The maximum Gasteiger partial charge on any atom is 0.324 e. The Morgan fingerprint density at radius 1 is 1.45 bits per heavy atom. The van der Waals surface area contributed by atoms with Crippen molar-refractivity contribution in [2.24, 2.45) is 0 Å². The van der Waals surface area contributed by atoms with Crippen LogP contribution in [0.2, 0.25) is 0 Å². The molecule has 118 valence electrons. The maximum atomic E-state index is 12.1. The molecule has 0 aromatic carbocycles. The van der Waals surface area contributed by atoms with Gasteiger partial charge in [-0.3, -0.25) is 4.79 Å². The van der Waals surface area contributed by atoms with Crippen molar-refractivity contribution in [2.45, 2.75) is 25.8 Å². The van der Waals surface area contributed by atoms with Crippen LogP contribution in [0.5, 0.6) is 0 Å². The molecule has 0 aliphatic carbocycles. The first-order valence-electron chi connectivity index (χ1n) is 6.64. The second-order valence-corrected chi connectivity index (χ2v) is 5.96. The van der Waals surface area contributed by atoms with Crippen LogP contribution in [0, 0.1) is 0 Å². The van der Waals surface area contributed by atoms with Crippen molar-refractivity contribution in [2.75, 3.05) is 39.5 Å². The molecule has 0 saturated carbocycles. The quantitative estimate of drug-likeness (QED) is 0.412. The van der Waals surface area contributed by atoms with Crippen molar-refractivity contribution in [3.05, 3.63) is 0 Å². The molecule has 1 aliphatic heterocycles. The second-order valence-electron chi connectivity index (χ2n) is 4.26. The zero-order valence-corrected chi connectivity index (χ0v) is 12.4. The molecule has 20 heavy (non-hydrogen) atoms. The highest BCUT2D eigenvalue weighted by Gasteiger charge is 2.39. The lowest BCUT2D eigenvalue weighted by Gasteiger charge is -2.22. The predicted octanol–water partition coefficient (Wildman–Crippen LogP) is -1.14. The van der Waals surface area contributed by atoms with Crippen LogP contribution in [0.4, 0.5) is 0 Å². The fourth-order valence-corrected chi connectivity index (χ4v) is 3.40. The van der Waals surface area contributed by atoms with E-state index in [9.17, 15) is 13.2 Å². The van der Waals surface area contributed by atoms with Gasteiger partial charge in [-0.05, 0) is 19.8 Å². The molecule has 1 fully saturated rings. The summed E-state index contributed by atoms with van der Waals surface area (Å²) < 4.78 is 37.5. The van der Waals surface area contributed by atoms with Gasteiger partial charge in [-0.1, -0.05) is 0 Å². The fourth-order valence-electron chi connectivity index (χ4n) is 1.99. The zero-order valence-electron chi connectivity index (χ0n) is 11.6. The normalized spacial score (nSPS) is 20.2. The van der Waals surface area contributed by atoms with Gasteiger partial charge in [-0.2, -0.15) is 17.4 Å². The van der Waals surface area contributed by atoms with E-state index in [1.807, 2.05) is 0 Å². The number of aliphatic hydroxyl groups excluding tert-OH is 1. The van der Waals surface area contributed by atoms with Gasteiger partial charge in [0.25, 0.3) is 10.2 Å². The van der Waals surface area contributed by atoms with Gasteiger partial charge in [0, 0.05) is 13.1 Å². The SMILES string of the molecule is CCOC(=O)C1CCCN1S(=O)(=O)NCCOCCO. The number of nitrogens with zero attached hydrogens (tertiary/aromatic N) is 1. The van der Waals surface area contributed by atoms with Gasteiger partial charge in [-0.15, -0.1) is 0 Å². The Morgan fingerprint density at radius 3 is 2.85 bits per heavy atom. The van der Waals surface area contributed by atoms with Crippen LogP contribution in [0.25, 0.3) is 0 Å². The molecule has 0 aromatic rings. The highest BCUT2D eigenvalue weighted by Crippen LogP contribution is 2.21. The highest BCUT2D eigenvalue weighted by molar-refractivity contribution is 7.87. The van der Waals surface area contributed by atoms with Gasteiger partial charge in [0.15, 0.2) is 0 Å². The molecule has 0 radical (unpaired) electrons. The molecule has 1 heterocycles. The maximum absolute atomic E-state index is 12.1. The summed E-state index contributed by atoms with van der Waals surface area (Å²) >= 11 is 0. The summed E-state index contributed by atoms with van der Waals surface area (Å²) in [6.07, 6.45) is 1.10. The molecule has 2 N–H and O–H groups in total. The molecule has 9 heteroatoms. The first-order valence-corrected chi connectivity index (χ1v) is 8.08. The first-order chi connectivity index (χ1) is 9.53. The molecule has 0 aromatic heterocycles. The third-order valence-corrected chi connectivity index (χ3v) is 4.46. The molecule has 8 nitrogen and oxygen atoms in total. The summed E-state index contributed by atoms with van der Waals surface area (Å²) in [7, 11) is -3.72. The Kier molecular flexibility index (Phi) is 7.38. The Balaban J connectivity index is 2.50. The van der Waals surface area contributed by atoms with E-state index < -0.39 is 22.2 Å². The fraction of sp³-hybridized carbons (Fsp3) is 0.909. The zero-order chi connectivity index (χ0) is 15.0. The first kappa shape index (κ1) is 17.3. The van der Waals surface area contributed by atoms with Crippen LogP contribution in [0.15, 0.2) is 0 Å². The Labute approximate surface area is 119 Å². The summed E-state index contributed by atoms with van der Waals surface area (Å²) in [5, 5.41) is 8.52. The molecule has 0 amide bonds. The van der Waals surface area contributed by atoms with Gasteiger partial charge in [0.05, 0.1) is 26.4 Å². The molecule has 1 aliphatic rings. The van der Waals surface area contributed by atoms with E-state index in [-0.39, 0.29) is 33.0 Å². The largest absolute Gasteiger partial charge is 0.465 e. The minimum absolute atomic E-state index is 0.0916. The van der Waals surface area contributed by atoms with Crippen molar-refractivity contribution >= 4 is 16.2 Å². The molecule has 0 bridgehead atoms. The summed E-state index contributed by atoms with van der Waals surface area (Å²) in [6, 6.07) is -0.745. The van der Waals surface area contributed by atoms with Crippen molar-refractivity contribution in [3.8, 4) is 0 Å². The minimum atomic E-state index is -3.72. The number of ether oxygens (including phenoxy) is 2. The van der Waals surface area contributed by atoms with Crippen LogP contribution in [-0.4, -0.2) is 69.4 Å². The van der Waals surface area contributed by atoms with Crippen LogP contribution in [0.3, 0.4) is 0 Å². The third-order valence-electron chi connectivity index (χ3n) is 2.84. The minimum Gasteiger partial charge on any atom is -0.465 e. The number of carbonyl (C=O) groups is 1. The average Bonchev–Trinajstić information content (AvgIpc) is 2.89. The van der Waals surface area contributed by atoms with Crippen molar-refractivity contribution < 1.29 is 27.8 Å². The second kappa shape index (κ2) is 8.53. The van der Waals surface area contributed by atoms with E-state index in [4.69, 9.17) is 14.6 Å². The van der Waals surface area contributed by atoms with Gasteiger partial charge in [0.2, 0.25) is 0 Å². The summed E-state index contributed by atoms with van der Waals surface area (Å²) in [5.41, 5.74) is 0. The van der Waals surface area contributed by atoms with Crippen molar-refractivity contribution in [3.63, 3.8) is 0 Å². The highest BCUT2D eigenvalue weighted by atomic mass is 32.2. The summed E-state index contributed by atoms with van der Waals surface area (Å²) in [6.45, 7) is 2.52. The number of nitrogens with one attached hydrogen (secondary N) is 1. The lowest BCUT2D eigenvalue weighted by molar-refractivity contribution is -0.146. The van der Waals surface area contributed by atoms with E-state index in [0.29, 0.717) is 19.4 Å². The summed E-state index contributed by atoms with van der Waals surface area (Å²) in [5.74, 6) is -0.507. The molecule has 1 unspecified atom stereocenters. The standard InChI is InChI=1S/C11H22N2O6S/c1-2-19-11(15)10-4-3-6-13(10)20(16,17)12-5-8-18-9-7-14/h10,12,14H,2-9H2,1H3. The number of rotatable bonds is 9. The van der Waals surface area contributed by atoms with Crippen LogP contribution < -0.4 is 4.72 Å². The van der Waals surface area contributed by atoms with E-state index in [1.165, 1.54) is 0 Å². The lowest BCUT2D eigenvalue weighted by atomic mass is 10.2.